The van der Waals surface area contributed by atoms with Gasteiger partial charge in [0.2, 0.25) is 5.82 Å². The first kappa shape index (κ1) is 19.8. The smallest absolute Gasteiger partial charge is 0.255 e. The number of primary amides is 1. The summed E-state index contributed by atoms with van der Waals surface area (Å²) in [5, 5.41) is 0. The summed E-state index contributed by atoms with van der Waals surface area (Å²) in [5.41, 5.74) is 4.64. The van der Waals surface area contributed by atoms with Gasteiger partial charge in [0.25, 0.3) is 5.91 Å². The zero-order chi connectivity index (χ0) is 19.4. The normalized spacial score (nSPS) is 11.5. The molecule has 0 aliphatic heterocycles. The van der Waals surface area contributed by atoms with Gasteiger partial charge >= 0.3 is 0 Å². The molecule has 138 valence electrons. The molecule has 0 fully saturated rings. The Kier molecular flexibility index (Phi) is 6.25. The molecule has 2 aromatic carbocycles. The summed E-state index contributed by atoms with van der Waals surface area (Å²) in [6.45, 7) is 0. The summed E-state index contributed by atoms with van der Waals surface area (Å²) in [4.78, 5) is 11.1. The zero-order valence-electron chi connectivity index (χ0n) is 13.3. The Labute approximate surface area is 149 Å². The highest BCUT2D eigenvalue weighted by atomic mass is 32.2. The van der Waals surface area contributed by atoms with Crippen molar-refractivity contribution < 1.29 is 31.5 Å². The molecule has 0 radical (unpaired) electrons. The van der Waals surface area contributed by atoms with Gasteiger partial charge in [0.1, 0.15) is 5.75 Å². The third-order valence-electron chi connectivity index (χ3n) is 3.32. The Morgan fingerprint density at radius 3 is 1.96 bits per heavy atom. The molecular formula is C17H12F5NO2S. The number of thioether (sulfide) groups is 1. The third-order valence-corrected chi connectivity index (χ3v) is 4.42. The number of carbonyl (C=O) groups is 1. The van der Waals surface area contributed by atoms with Crippen molar-refractivity contribution in [2.45, 2.75) is 5.75 Å². The third kappa shape index (κ3) is 4.16. The van der Waals surface area contributed by atoms with Crippen molar-refractivity contribution in [3.63, 3.8) is 0 Å². The van der Waals surface area contributed by atoms with Crippen LogP contribution in [0.4, 0.5) is 22.0 Å². The van der Waals surface area contributed by atoms with Crippen molar-refractivity contribution in [3.8, 4) is 5.75 Å². The van der Waals surface area contributed by atoms with Gasteiger partial charge in [-0.1, -0.05) is 12.1 Å². The minimum atomic E-state index is -2.27. The molecule has 0 atom stereocenters. The minimum Gasteiger partial charge on any atom is -0.497 e. The first-order valence-corrected chi connectivity index (χ1v) is 8.03. The van der Waals surface area contributed by atoms with Crippen molar-refractivity contribution in [2.24, 2.45) is 5.73 Å². The second-order valence-electron chi connectivity index (χ2n) is 4.99. The maximum Gasteiger partial charge on any atom is 0.255 e. The van der Waals surface area contributed by atoms with Crippen LogP contribution in [0, 0.1) is 29.1 Å². The van der Waals surface area contributed by atoms with Gasteiger partial charge in [-0.2, -0.15) is 0 Å². The lowest BCUT2D eigenvalue weighted by atomic mass is 10.1. The molecule has 3 nitrogen and oxygen atoms in total. The number of amides is 1. The van der Waals surface area contributed by atoms with Gasteiger partial charge in [-0.15, -0.1) is 11.8 Å². The predicted octanol–water partition coefficient (Wildman–Crippen LogP) is 4.15. The first-order chi connectivity index (χ1) is 12.3. The van der Waals surface area contributed by atoms with E-state index in [4.69, 9.17) is 10.5 Å². The van der Waals surface area contributed by atoms with E-state index in [9.17, 15) is 26.7 Å². The lowest BCUT2D eigenvalue weighted by Crippen LogP contribution is -2.13. The van der Waals surface area contributed by atoms with Crippen molar-refractivity contribution in [2.75, 3.05) is 7.11 Å². The van der Waals surface area contributed by atoms with E-state index in [-0.39, 0.29) is 10.7 Å². The second kappa shape index (κ2) is 8.22. The van der Waals surface area contributed by atoms with Gasteiger partial charge in [0.05, 0.1) is 17.6 Å². The lowest BCUT2D eigenvalue weighted by molar-refractivity contribution is -0.113. The van der Waals surface area contributed by atoms with Crippen LogP contribution in [0.2, 0.25) is 0 Å². The highest BCUT2D eigenvalue weighted by molar-refractivity contribution is 8.03. The molecule has 26 heavy (non-hydrogen) atoms. The highest BCUT2D eigenvalue weighted by Crippen LogP contribution is 2.29. The number of hydrogen-bond acceptors (Lipinski definition) is 3. The van der Waals surface area contributed by atoms with Gasteiger partial charge < -0.3 is 10.5 Å². The van der Waals surface area contributed by atoms with E-state index in [2.05, 4.69) is 0 Å². The maximum absolute atomic E-state index is 13.7. The fourth-order valence-electron chi connectivity index (χ4n) is 1.95. The van der Waals surface area contributed by atoms with Crippen LogP contribution in [0.5, 0.6) is 5.75 Å². The summed E-state index contributed by atoms with van der Waals surface area (Å²) in [6.07, 6.45) is 0.548. The first-order valence-electron chi connectivity index (χ1n) is 7.05. The van der Waals surface area contributed by atoms with Crippen molar-refractivity contribution in [1.29, 1.82) is 0 Å². The molecule has 1 amide bonds. The quantitative estimate of drug-likeness (QED) is 0.350. The van der Waals surface area contributed by atoms with E-state index in [1.807, 2.05) is 0 Å². The fraction of sp³-hybridized carbons (Fsp3) is 0.118. The Balaban J connectivity index is 2.34. The Morgan fingerprint density at radius 2 is 1.50 bits per heavy atom. The number of methoxy groups -OCH3 is 1. The van der Waals surface area contributed by atoms with E-state index >= 15 is 0 Å². The minimum absolute atomic E-state index is 0.175. The summed E-state index contributed by atoms with van der Waals surface area (Å²) in [6, 6.07) is 6.69. The average molecular weight is 389 g/mol. The molecule has 2 rings (SSSR count). The number of halogens is 5. The topological polar surface area (TPSA) is 52.3 Å². The van der Waals surface area contributed by atoms with Crippen LogP contribution in [-0.2, 0) is 10.5 Å². The Hall–Kier alpha value is -2.55. The van der Waals surface area contributed by atoms with Crippen LogP contribution >= 0.6 is 11.8 Å². The molecule has 0 spiro atoms. The van der Waals surface area contributed by atoms with E-state index in [1.54, 1.807) is 24.3 Å². The van der Waals surface area contributed by atoms with Gasteiger partial charge in [-0.25, -0.2) is 22.0 Å². The number of nitrogens with two attached hydrogens (primary N) is 1. The highest BCUT2D eigenvalue weighted by Gasteiger charge is 2.25. The molecule has 0 saturated carbocycles. The van der Waals surface area contributed by atoms with Crippen LogP contribution in [0.25, 0.3) is 6.08 Å². The van der Waals surface area contributed by atoms with Gasteiger partial charge in [-0.05, 0) is 23.8 Å². The van der Waals surface area contributed by atoms with Crippen LogP contribution in [0.1, 0.15) is 11.1 Å². The van der Waals surface area contributed by atoms with Crippen LogP contribution in [-0.4, -0.2) is 13.0 Å². The van der Waals surface area contributed by atoms with Crippen LogP contribution in [0.15, 0.2) is 29.2 Å². The van der Waals surface area contributed by atoms with Gasteiger partial charge in [0, 0.05) is 5.75 Å². The van der Waals surface area contributed by atoms with Crippen molar-refractivity contribution in [1.82, 2.24) is 0 Å². The molecule has 0 aliphatic carbocycles. The monoisotopic (exact) mass is 389 g/mol. The number of hydrogen-bond donors (Lipinski definition) is 1. The molecular weight excluding hydrogens is 377 g/mol. The predicted molar refractivity (Wildman–Crippen MR) is 87.7 cm³/mol. The van der Waals surface area contributed by atoms with Gasteiger partial charge in [0.15, 0.2) is 23.3 Å². The molecule has 0 unspecified atom stereocenters. The molecule has 2 N–H and O–H groups in total. The number of benzene rings is 2. The maximum atomic E-state index is 13.7. The van der Waals surface area contributed by atoms with Crippen molar-refractivity contribution in [3.05, 3.63) is 69.4 Å². The van der Waals surface area contributed by atoms with E-state index in [0.29, 0.717) is 11.8 Å². The molecule has 0 saturated heterocycles. The summed E-state index contributed by atoms with van der Waals surface area (Å²) in [5.74, 6) is -10.8. The summed E-state index contributed by atoms with van der Waals surface area (Å²) >= 11 is 0.798. The van der Waals surface area contributed by atoms with Crippen molar-refractivity contribution >= 4 is 23.7 Å². The largest absolute Gasteiger partial charge is 0.497 e. The Bertz CT molecular complexity index is 839. The number of rotatable bonds is 6. The molecule has 0 heterocycles. The molecule has 2 aromatic rings. The SMILES string of the molecule is COc1ccc(CSC(=Cc2c(F)c(F)c(F)c(F)c2F)C(N)=O)cc1. The number of carbonyl (C=O) groups excluding carboxylic acids is 1. The zero-order valence-corrected chi connectivity index (χ0v) is 14.1. The second-order valence-corrected chi connectivity index (χ2v) is 6.01. The van der Waals surface area contributed by atoms with E-state index in [1.165, 1.54) is 7.11 Å². The summed E-state index contributed by atoms with van der Waals surface area (Å²) in [7, 11) is 1.49. The fourth-order valence-corrected chi connectivity index (χ4v) is 2.80. The lowest BCUT2D eigenvalue weighted by Gasteiger charge is -2.08. The molecule has 0 aromatic heterocycles. The van der Waals surface area contributed by atoms with E-state index < -0.39 is 40.6 Å². The number of ether oxygens (including phenoxy) is 1. The Morgan fingerprint density at radius 1 is 1.00 bits per heavy atom. The molecule has 0 bridgehead atoms. The summed E-state index contributed by atoms with van der Waals surface area (Å²) < 4.78 is 72.0. The van der Waals surface area contributed by atoms with E-state index in [0.717, 1.165) is 17.3 Å². The van der Waals surface area contributed by atoms with Crippen LogP contribution in [0.3, 0.4) is 0 Å². The molecule has 9 heteroatoms. The molecule has 0 aliphatic rings. The van der Waals surface area contributed by atoms with Crippen LogP contribution < -0.4 is 10.5 Å². The standard InChI is InChI=1S/C17H12F5NO2S/c1-25-9-4-2-8(3-5-9)7-26-11(17(23)24)6-10-12(18)14(20)16(22)15(21)13(10)19/h2-6H,7H2,1H3,(H2,23,24). The average Bonchev–Trinajstić information content (AvgIpc) is 2.64. The van der Waals surface area contributed by atoms with Gasteiger partial charge in [-0.3, -0.25) is 4.79 Å².